The van der Waals surface area contributed by atoms with E-state index in [1.807, 2.05) is 0 Å². The van der Waals surface area contributed by atoms with E-state index in [9.17, 15) is 18.8 Å². The molecule has 1 unspecified atom stereocenters. The lowest BCUT2D eigenvalue weighted by Crippen LogP contribution is -2.60. The summed E-state index contributed by atoms with van der Waals surface area (Å²) in [6.07, 6.45) is -10.9. The highest BCUT2D eigenvalue weighted by Crippen LogP contribution is 2.49. The molecule has 144 valence electrons. The molecule has 5 atom stereocenters. The van der Waals surface area contributed by atoms with E-state index < -0.39 is 60.8 Å². The van der Waals surface area contributed by atoms with E-state index in [-0.39, 0.29) is 0 Å². The number of phosphoric ester groups is 3. The highest BCUT2D eigenvalue weighted by Gasteiger charge is 2.53. The molecule has 1 saturated heterocycles. The Kier molecular flexibility index (Phi) is 7.27. The van der Waals surface area contributed by atoms with E-state index in [2.05, 4.69) is 18.3 Å². The third-order valence-electron chi connectivity index (χ3n) is 2.57. The number of hydrogen-bond donors (Lipinski definition) is 8. The summed E-state index contributed by atoms with van der Waals surface area (Å²) in [6.45, 7) is -1.06. The number of aliphatic hydroxyl groups is 2. The SMILES string of the molecule is O=P(O)(O)O[C@@H]1[C@H](OP(=O)(O)O)[C@@H](OP(=O)(O)O)C(O)O[C@@H]1CO. The van der Waals surface area contributed by atoms with Gasteiger partial charge >= 0.3 is 23.5 Å². The Morgan fingerprint density at radius 1 is 0.750 bits per heavy atom. The predicted octanol–water partition coefficient (Wildman–Crippen LogP) is -2.87. The van der Waals surface area contributed by atoms with Crippen molar-refractivity contribution in [3.63, 3.8) is 0 Å². The average molecular weight is 420 g/mol. The highest BCUT2D eigenvalue weighted by atomic mass is 31.2. The third-order valence-corrected chi connectivity index (χ3v) is 4.12. The van der Waals surface area contributed by atoms with Crippen LogP contribution in [0.25, 0.3) is 0 Å². The van der Waals surface area contributed by atoms with Gasteiger partial charge in [-0.05, 0) is 0 Å². The van der Waals surface area contributed by atoms with Gasteiger partial charge in [-0.3, -0.25) is 13.6 Å². The van der Waals surface area contributed by atoms with Gasteiger partial charge in [0.1, 0.15) is 24.4 Å². The van der Waals surface area contributed by atoms with Crippen LogP contribution in [-0.2, 0) is 32.0 Å². The topological polar surface area (TPSA) is 250 Å². The molecule has 1 aliphatic heterocycles. The van der Waals surface area contributed by atoms with E-state index in [0.29, 0.717) is 0 Å². The van der Waals surface area contributed by atoms with Crippen molar-refractivity contribution >= 4 is 23.5 Å². The van der Waals surface area contributed by atoms with Crippen molar-refractivity contribution in [1.82, 2.24) is 0 Å². The van der Waals surface area contributed by atoms with Gasteiger partial charge in [0, 0.05) is 0 Å². The van der Waals surface area contributed by atoms with Gasteiger partial charge in [-0.2, -0.15) is 0 Å². The molecule has 0 spiro atoms. The van der Waals surface area contributed by atoms with Crippen LogP contribution in [0.5, 0.6) is 0 Å². The second kappa shape index (κ2) is 7.84. The van der Waals surface area contributed by atoms with Gasteiger partial charge in [-0.15, -0.1) is 0 Å². The fourth-order valence-electron chi connectivity index (χ4n) is 1.88. The summed E-state index contributed by atoms with van der Waals surface area (Å²) in [5.41, 5.74) is 0. The van der Waals surface area contributed by atoms with Gasteiger partial charge in [0.05, 0.1) is 6.61 Å². The first-order valence-corrected chi connectivity index (χ1v) is 10.4. The van der Waals surface area contributed by atoms with Crippen LogP contribution >= 0.6 is 23.5 Å². The van der Waals surface area contributed by atoms with Crippen LogP contribution in [0.1, 0.15) is 0 Å². The normalized spacial score (nSPS) is 32.8. The average Bonchev–Trinajstić information content (AvgIpc) is 2.32. The molecule has 0 aromatic carbocycles. The Hall–Kier alpha value is 0.210. The van der Waals surface area contributed by atoms with Crippen molar-refractivity contribution in [3.05, 3.63) is 0 Å². The zero-order valence-corrected chi connectivity index (χ0v) is 14.1. The van der Waals surface area contributed by atoms with Gasteiger partial charge in [0.2, 0.25) is 0 Å². The van der Waals surface area contributed by atoms with Crippen LogP contribution in [-0.4, -0.2) is 76.9 Å². The van der Waals surface area contributed by atoms with Crippen molar-refractivity contribution < 1.29 is 71.6 Å². The molecule has 1 fully saturated rings. The molecular formula is C6H15O15P3. The fraction of sp³-hybridized carbons (Fsp3) is 1.00. The summed E-state index contributed by atoms with van der Waals surface area (Å²) in [5.74, 6) is 0. The third kappa shape index (κ3) is 7.22. The van der Waals surface area contributed by atoms with E-state index >= 15 is 0 Å². The van der Waals surface area contributed by atoms with Crippen molar-refractivity contribution in [2.24, 2.45) is 0 Å². The van der Waals surface area contributed by atoms with Gasteiger partial charge < -0.3 is 44.3 Å². The van der Waals surface area contributed by atoms with Crippen LogP contribution in [0.2, 0.25) is 0 Å². The Bertz CT molecular complexity index is 560. The Labute approximate surface area is 133 Å². The molecule has 1 heterocycles. The maximum Gasteiger partial charge on any atom is 0.470 e. The maximum atomic E-state index is 11.0. The number of hydrogen-bond acceptors (Lipinski definition) is 9. The van der Waals surface area contributed by atoms with Gasteiger partial charge in [-0.1, -0.05) is 0 Å². The molecule has 0 aromatic heterocycles. The number of ether oxygens (including phenoxy) is 1. The summed E-state index contributed by atoms with van der Waals surface area (Å²) in [6, 6.07) is 0. The quantitative estimate of drug-likeness (QED) is 0.193. The lowest BCUT2D eigenvalue weighted by atomic mass is 9.99. The highest BCUT2D eigenvalue weighted by molar-refractivity contribution is 7.47. The first-order valence-electron chi connectivity index (χ1n) is 5.79. The van der Waals surface area contributed by atoms with Gasteiger partial charge in [0.25, 0.3) is 0 Å². The molecule has 15 nitrogen and oxygen atoms in total. The number of rotatable bonds is 7. The minimum absolute atomic E-state index is 1.06. The smallest absolute Gasteiger partial charge is 0.394 e. The molecule has 0 saturated carbocycles. The predicted molar refractivity (Wildman–Crippen MR) is 68.7 cm³/mol. The fourth-order valence-corrected chi connectivity index (χ4v) is 3.55. The van der Waals surface area contributed by atoms with E-state index in [4.69, 9.17) is 34.5 Å². The minimum atomic E-state index is -5.42. The van der Waals surface area contributed by atoms with Crippen LogP contribution in [0.4, 0.5) is 0 Å². The molecule has 1 aliphatic rings. The minimum Gasteiger partial charge on any atom is -0.394 e. The van der Waals surface area contributed by atoms with Crippen molar-refractivity contribution in [2.45, 2.75) is 30.7 Å². The van der Waals surface area contributed by atoms with Crippen molar-refractivity contribution in [1.29, 1.82) is 0 Å². The van der Waals surface area contributed by atoms with Crippen molar-refractivity contribution in [2.75, 3.05) is 6.61 Å². The second-order valence-electron chi connectivity index (χ2n) is 4.43. The monoisotopic (exact) mass is 420 g/mol. The molecule has 1 rings (SSSR count). The second-order valence-corrected chi connectivity index (χ2v) is 8.01. The Morgan fingerprint density at radius 3 is 1.50 bits per heavy atom. The summed E-state index contributed by atoms with van der Waals surface area (Å²) >= 11 is 0. The van der Waals surface area contributed by atoms with Crippen molar-refractivity contribution in [3.8, 4) is 0 Å². The van der Waals surface area contributed by atoms with Crippen LogP contribution < -0.4 is 0 Å². The van der Waals surface area contributed by atoms with Crippen LogP contribution in [0.3, 0.4) is 0 Å². The molecule has 18 heteroatoms. The van der Waals surface area contributed by atoms with Crippen LogP contribution in [0.15, 0.2) is 0 Å². The number of phosphoric acid groups is 3. The molecular weight excluding hydrogens is 405 g/mol. The lowest BCUT2D eigenvalue weighted by molar-refractivity contribution is -0.276. The standard InChI is InChI=1S/C6H15O15P3/c7-1-2-3(19-22(9,10)11)4(20-23(12,13)14)5(6(8)18-2)21-24(15,16)17/h2-8H,1H2,(H2,9,10,11)(H2,12,13,14)(H2,15,16,17)/t2-,3+,4+,5-,6?/m1/s1. The van der Waals surface area contributed by atoms with Gasteiger partial charge in [-0.25, -0.2) is 13.7 Å². The lowest BCUT2D eigenvalue weighted by Gasteiger charge is -2.43. The molecule has 0 radical (unpaired) electrons. The zero-order chi connectivity index (χ0) is 18.9. The molecule has 24 heavy (non-hydrogen) atoms. The Balaban J connectivity index is 3.27. The molecule has 0 bridgehead atoms. The first kappa shape index (κ1) is 22.3. The largest absolute Gasteiger partial charge is 0.470 e. The summed E-state index contributed by atoms with van der Waals surface area (Å²) in [5, 5.41) is 18.7. The summed E-state index contributed by atoms with van der Waals surface area (Å²) in [7, 11) is -16.1. The summed E-state index contributed by atoms with van der Waals surface area (Å²) < 4.78 is 50.0. The first-order chi connectivity index (χ1) is 10.6. The number of aliphatic hydroxyl groups excluding tert-OH is 2. The maximum absolute atomic E-state index is 11.0. The van der Waals surface area contributed by atoms with E-state index in [1.54, 1.807) is 0 Å². The summed E-state index contributed by atoms with van der Waals surface area (Å²) in [4.78, 5) is 52.9. The van der Waals surface area contributed by atoms with E-state index in [1.165, 1.54) is 0 Å². The molecule has 0 aliphatic carbocycles. The molecule has 8 N–H and O–H groups in total. The van der Waals surface area contributed by atoms with Crippen LogP contribution in [0, 0.1) is 0 Å². The zero-order valence-electron chi connectivity index (χ0n) is 11.4. The van der Waals surface area contributed by atoms with E-state index in [0.717, 1.165) is 0 Å². The molecule has 0 aromatic rings. The molecule has 0 amide bonds. The Morgan fingerprint density at radius 2 is 1.12 bits per heavy atom. The van der Waals surface area contributed by atoms with Gasteiger partial charge in [0.15, 0.2) is 6.29 Å².